The monoisotopic (exact) mass is 171 g/mol. The van der Waals surface area contributed by atoms with Crippen LogP contribution in [0.4, 0.5) is 0 Å². The van der Waals surface area contributed by atoms with Crippen molar-refractivity contribution in [2.45, 2.75) is 59.4 Å². The summed E-state index contributed by atoms with van der Waals surface area (Å²) >= 11 is 0. The van der Waals surface area contributed by atoms with E-state index in [1.54, 1.807) is 0 Å². The molecule has 1 fully saturated rings. The highest BCUT2D eigenvalue weighted by Crippen LogP contribution is 2.15. The van der Waals surface area contributed by atoms with Crippen LogP contribution in [0.3, 0.4) is 0 Å². The van der Waals surface area contributed by atoms with E-state index >= 15 is 0 Å². The van der Waals surface area contributed by atoms with E-state index in [2.05, 4.69) is 18.7 Å². The molecule has 12 heavy (non-hydrogen) atoms. The Morgan fingerprint density at radius 3 is 1.75 bits per heavy atom. The van der Waals surface area contributed by atoms with E-state index in [9.17, 15) is 0 Å². The molecular weight excluding hydrogens is 146 g/mol. The van der Waals surface area contributed by atoms with Crippen molar-refractivity contribution in [3.05, 3.63) is 0 Å². The first-order chi connectivity index (χ1) is 5.88. The number of nitrogens with zero attached hydrogens (tertiary/aromatic N) is 1. The van der Waals surface area contributed by atoms with Gasteiger partial charge in [0.05, 0.1) is 0 Å². The van der Waals surface area contributed by atoms with E-state index in [4.69, 9.17) is 0 Å². The van der Waals surface area contributed by atoms with E-state index in [0.29, 0.717) is 0 Å². The van der Waals surface area contributed by atoms with Gasteiger partial charge in [-0.1, -0.05) is 27.7 Å². The van der Waals surface area contributed by atoms with Crippen molar-refractivity contribution in [2.24, 2.45) is 0 Å². The van der Waals surface area contributed by atoms with Crippen molar-refractivity contribution in [1.29, 1.82) is 0 Å². The maximum atomic E-state index is 2.64. The van der Waals surface area contributed by atoms with E-state index < -0.39 is 0 Å². The Hall–Kier alpha value is -0.0400. The van der Waals surface area contributed by atoms with E-state index in [1.165, 1.54) is 38.8 Å². The Balaban J connectivity index is 0.000000561. The van der Waals surface area contributed by atoms with Crippen LogP contribution in [-0.4, -0.2) is 24.0 Å². The van der Waals surface area contributed by atoms with Gasteiger partial charge in [0.2, 0.25) is 0 Å². The van der Waals surface area contributed by atoms with Gasteiger partial charge in [-0.2, -0.15) is 0 Å². The van der Waals surface area contributed by atoms with Crippen molar-refractivity contribution >= 4 is 0 Å². The lowest BCUT2D eigenvalue weighted by Crippen LogP contribution is -2.31. The van der Waals surface area contributed by atoms with Crippen LogP contribution in [0.5, 0.6) is 0 Å². The molecule has 0 amide bonds. The summed E-state index contributed by atoms with van der Waals surface area (Å²) in [6.45, 7) is 11.3. The molecule has 0 N–H and O–H groups in total. The summed E-state index contributed by atoms with van der Waals surface area (Å²) in [5.74, 6) is 0. The van der Waals surface area contributed by atoms with Crippen LogP contribution >= 0.6 is 0 Å². The van der Waals surface area contributed by atoms with E-state index in [-0.39, 0.29) is 0 Å². The summed E-state index contributed by atoms with van der Waals surface area (Å²) in [5, 5.41) is 0. The predicted octanol–water partition coefficient (Wildman–Crippen LogP) is 3.30. The fourth-order valence-electron chi connectivity index (χ4n) is 1.91. The second kappa shape index (κ2) is 7.60. The van der Waals surface area contributed by atoms with Crippen LogP contribution in [0, 0.1) is 0 Å². The molecule has 74 valence electrons. The standard InChI is InChI=1S/C9H19N.C2H6/c1-3-9(4-2)10-7-5-6-8-10;1-2/h9H,3-8H2,1-2H3;1-2H3. The van der Waals surface area contributed by atoms with Crippen molar-refractivity contribution in [2.75, 3.05) is 13.1 Å². The third-order valence-electron chi connectivity index (χ3n) is 2.60. The van der Waals surface area contributed by atoms with Crippen LogP contribution in [0.2, 0.25) is 0 Å². The zero-order chi connectivity index (χ0) is 9.40. The second-order valence-electron chi connectivity index (χ2n) is 3.21. The summed E-state index contributed by atoms with van der Waals surface area (Å²) in [4.78, 5) is 2.64. The average molecular weight is 171 g/mol. The molecule has 0 atom stereocenters. The van der Waals surface area contributed by atoms with E-state index in [1.807, 2.05) is 13.8 Å². The molecule has 0 aromatic heterocycles. The molecule has 1 saturated heterocycles. The summed E-state index contributed by atoms with van der Waals surface area (Å²) in [5.41, 5.74) is 0. The first-order valence-corrected chi connectivity index (χ1v) is 5.62. The number of rotatable bonds is 3. The molecule has 0 radical (unpaired) electrons. The Morgan fingerprint density at radius 1 is 1.00 bits per heavy atom. The summed E-state index contributed by atoms with van der Waals surface area (Å²) < 4.78 is 0. The van der Waals surface area contributed by atoms with Crippen LogP contribution in [0.15, 0.2) is 0 Å². The highest BCUT2D eigenvalue weighted by atomic mass is 15.2. The fourth-order valence-corrected chi connectivity index (χ4v) is 1.91. The minimum absolute atomic E-state index is 0.877. The SMILES string of the molecule is CC.CCC(CC)N1CCCC1. The zero-order valence-corrected chi connectivity index (χ0v) is 9.27. The summed E-state index contributed by atoms with van der Waals surface area (Å²) in [6.07, 6.45) is 5.51. The number of hydrogen-bond donors (Lipinski definition) is 0. The summed E-state index contributed by atoms with van der Waals surface area (Å²) in [7, 11) is 0. The lowest BCUT2D eigenvalue weighted by atomic mass is 10.1. The smallest absolute Gasteiger partial charge is 0.00900 e. The lowest BCUT2D eigenvalue weighted by Gasteiger charge is -2.24. The van der Waals surface area contributed by atoms with Gasteiger partial charge in [-0.25, -0.2) is 0 Å². The predicted molar refractivity (Wildman–Crippen MR) is 56.5 cm³/mol. The second-order valence-corrected chi connectivity index (χ2v) is 3.21. The maximum Gasteiger partial charge on any atom is 0.00900 e. The van der Waals surface area contributed by atoms with Crippen LogP contribution in [0.1, 0.15) is 53.4 Å². The Labute approximate surface area is 78.1 Å². The quantitative estimate of drug-likeness (QED) is 0.630. The van der Waals surface area contributed by atoms with Gasteiger partial charge in [-0.05, 0) is 38.8 Å². The van der Waals surface area contributed by atoms with Gasteiger partial charge < -0.3 is 4.90 Å². The Bertz CT molecular complexity index is 81.0. The highest BCUT2D eigenvalue weighted by Gasteiger charge is 2.17. The van der Waals surface area contributed by atoms with Gasteiger partial charge in [0.1, 0.15) is 0 Å². The molecule has 1 aliphatic heterocycles. The molecule has 1 nitrogen and oxygen atoms in total. The molecule has 0 aliphatic carbocycles. The van der Waals surface area contributed by atoms with Gasteiger partial charge in [-0.15, -0.1) is 0 Å². The third kappa shape index (κ3) is 3.57. The summed E-state index contributed by atoms with van der Waals surface area (Å²) in [6, 6.07) is 0.877. The van der Waals surface area contributed by atoms with Crippen LogP contribution < -0.4 is 0 Å². The molecule has 0 aromatic rings. The van der Waals surface area contributed by atoms with E-state index in [0.717, 1.165) is 6.04 Å². The molecule has 0 aromatic carbocycles. The first kappa shape index (κ1) is 12.0. The van der Waals surface area contributed by atoms with Gasteiger partial charge in [0.25, 0.3) is 0 Å². The Kier molecular flexibility index (Phi) is 7.58. The molecule has 0 saturated carbocycles. The van der Waals surface area contributed by atoms with Crippen LogP contribution in [0.25, 0.3) is 0 Å². The third-order valence-corrected chi connectivity index (χ3v) is 2.60. The minimum Gasteiger partial charge on any atom is -0.300 e. The van der Waals surface area contributed by atoms with Gasteiger partial charge in [-0.3, -0.25) is 0 Å². The molecule has 1 heterocycles. The molecule has 0 unspecified atom stereocenters. The Morgan fingerprint density at radius 2 is 1.42 bits per heavy atom. The van der Waals surface area contributed by atoms with Crippen molar-refractivity contribution in [3.63, 3.8) is 0 Å². The van der Waals surface area contributed by atoms with Crippen LogP contribution in [-0.2, 0) is 0 Å². The zero-order valence-electron chi connectivity index (χ0n) is 9.27. The van der Waals surface area contributed by atoms with Gasteiger partial charge in [0.15, 0.2) is 0 Å². The van der Waals surface area contributed by atoms with Gasteiger partial charge >= 0.3 is 0 Å². The topological polar surface area (TPSA) is 3.24 Å². The van der Waals surface area contributed by atoms with Crippen molar-refractivity contribution < 1.29 is 0 Å². The molecule has 1 aliphatic rings. The highest BCUT2D eigenvalue weighted by molar-refractivity contribution is 4.73. The molecule has 1 heteroatoms. The molecule has 1 rings (SSSR count). The fraction of sp³-hybridized carbons (Fsp3) is 1.00. The first-order valence-electron chi connectivity index (χ1n) is 5.62. The van der Waals surface area contributed by atoms with Crippen molar-refractivity contribution in [3.8, 4) is 0 Å². The van der Waals surface area contributed by atoms with Crippen molar-refractivity contribution in [1.82, 2.24) is 4.90 Å². The average Bonchev–Trinajstić information content (AvgIpc) is 2.64. The molecule has 0 spiro atoms. The minimum atomic E-state index is 0.877. The number of likely N-dealkylation sites (tertiary alicyclic amines) is 1. The number of hydrogen-bond acceptors (Lipinski definition) is 1. The molecule has 0 bridgehead atoms. The normalized spacial score (nSPS) is 17.8. The maximum absolute atomic E-state index is 2.64. The molecular formula is C11H25N. The van der Waals surface area contributed by atoms with Gasteiger partial charge in [0, 0.05) is 6.04 Å². The largest absolute Gasteiger partial charge is 0.300 e. The lowest BCUT2D eigenvalue weighted by molar-refractivity contribution is 0.230.